The Labute approximate surface area is 156 Å². The SMILES string of the molecule is CC(Sc1nnc(-c2ccc(Cl)cc2)n1N)C(=O)NC1CCCCC1. The first-order valence-corrected chi connectivity index (χ1v) is 9.74. The molecule has 1 aromatic carbocycles. The summed E-state index contributed by atoms with van der Waals surface area (Å²) in [5, 5.41) is 12.3. The number of hydrogen-bond donors (Lipinski definition) is 2. The summed E-state index contributed by atoms with van der Waals surface area (Å²) in [4.78, 5) is 12.4. The third-order valence-corrected chi connectivity index (χ3v) is 5.68. The highest BCUT2D eigenvalue weighted by molar-refractivity contribution is 8.00. The highest BCUT2D eigenvalue weighted by atomic mass is 35.5. The van der Waals surface area contributed by atoms with Gasteiger partial charge in [-0.05, 0) is 44.0 Å². The molecular weight excluding hydrogens is 358 g/mol. The van der Waals surface area contributed by atoms with Gasteiger partial charge in [-0.15, -0.1) is 10.2 Å². The van der Waals surface area contributed by atoms with E-state index in [1.807, 2.05) is 19.1 Å². The Morgan fingerprint density at radius 2 is 1.96 bits per heavy atom. The summed E-state index contributed by atoms with van der Waals surface area (Å²) in [5.74, 6) is 6.67. The second kappa shape index (κ2) is 8.10. The number of aromatic nitrogens is 3. The number of nitrogens with two attached hydrogens (primary N) is 1. The third-order valence-electron chi connectivity index (χ3n) is 4.37. The number of thioether (sulfide) groups is 1. The predicted octanol–water partition coefficient (Wildman–Crippen LogP) is 3.24. The number of benzene rings is 1. The summed E-state index contributed by atoms with van der Waals surface area (Å²) in [6.45, 7) is 1.86. The van der Waals surface area contributed by atoms with E-state index in [4.69, 9.17) is 17.4 Å². The first kappa shape index (κ1) is 18.1. The Kier molecular flexibility index (Phi) is 5.86. The first-order chi connectivity index (χ1) is 12.0. The second-order valence-electron chi connectivity index (χ2n) is 6.29. The fourth-order valence-electron chi connectivity index (χ4n) is 2.93. The van der Waals surface area contributed by atoms with E-state index in [1.165, 1.54) is 35.7 Å². The van der Waals surface area contributed by atoms with Crippen molar-refractivity contribution in [3.63, 3.8) is 0 Å². The monoisotopic (exact) mass is 379 g/mol. The van der Waals surface area contributed by atoms with E-state index in [9.17, 15) is 4.79 Å². The Hall–Kier alpha value is -1.73. The van der Waals surface area contributed by atoms with Crippen molar-refractivity contribution in [3.05, 3.63) is 29.3 Å². The molecule has 2 aromatic rings. The van der Waals surface area contributed by atoms with Crippen LogP contribution in [0.2, 0.25) is 5.02 Å². The van der Waals surface area contributed by atoms with Gasteiger partial charge in [0, 0.05) is 16.6 Å². The van der Waals surface area contributed by atoms with Crippen molar-refractivity contribution in [2.75, 3.05) is 5.84 Å². The number of carbonyl (C=O) groups excluding carboxylic acids is 1. The van der Waals surface area contributed by atoms with E-state index >= 15 is 0 Å². The van der Waals surface area contributed by atoms with Gasteiger partial charge in [-0.3, -0.25) is 4.79 Å². The molecule has 0 spiro atoms. The topological polar surface area (TPSA) is 85.8 Å². The Morgan fingerprint density at radius 1 is 1.28 bits per heavy atom. The summed E-state index contributed by atoms with van der Waals surface area (Å²) in [7, 11) is 0. The number of hydrogen-bond acceptors (Lipinski definition) is 5. The molecule has 3 rings (SSSR count). The largest absolute Gasteiger partial charge is 0.352 e. The van der Waals surface area contributed by atoms with Crippen LogP contribution in [-0.2, 0) is 4.79 Å². The zero-order valence-corrected chi connectivity index (χ0v) is 15.7. The minimum Gasteiger partial charge on any atom is -0.352 e. The van der Waals surface area contributed by atoms with Crippen LogP contribution >= 0.6 is 23.4 Å². The minimum atomic E-state index is -0.286. The van der Waals surface area contributed by atoms with Gasteiger partial charge in [-0.2, -0.15) is 0 Å². The lowest BCUT2D eigenvalue weighted by Gasteiger charge is -2.24. The van der Waals surface area contributed by atoms with Crippen LogP contribution < -0.4 is 11.2 Å². The van der Waals surface area contributed by atoms with Crippen molar-refractivity contribution in [1.82, 2.24) is 20.2 Å². The van der Waals surface area contributed by atoms with Crippen LogP contribution in [0.4, 0.5) is 0 Å². The fraction of sp³-hybridized carbons (Fsp3) is 0.471. The first-order valence-electron chi connectivity index (χ1n) is 8.48. The van der Waals surface area contributed by atoms with Gasteiger partial charge in [-0.25, -0.2) is 4.68 Å². The second-order valence-corrected chi connectivity index (χ2v) is 8.03. The van der Waals surface area contributed by atoms with Gasteiger partial charge in [0.25, 0.3) is 0 Å². The van der Waals surface area contributed by atoms with E-state index in [1.54, 1.807) is 12.1 Å². The number of rotatable bonds is 5. The summed E-state index contributed by atoms with van der Waals surface area (Å²) in [6, 6.07) is 7.52. The van der Waals surface area contributed by atoms with Crippen LogP contribution in [0.15, 0.2) is 29.4 Å². The van der Waals surface area contributed by atoms with Crippen molar-refractivity contribution in [2.24, 2.45) is 0 Å². The lowest BCUT2D eigenvalue weighted by Crippen LogP contribution is -2.40. The summed E-state index contributed by atoms with van der Waals surface area (Å²) < 4.78 is 1.41. The molecule has 0 radical (unpaired) electrons. The normalized spacial score (nSPS) is 16.6. The lowest BCUT2D eigenvalue weighted by molar-refractivity contribution is -0.121. The molecule has 0 bridgehead atoms. The van der Waals surface area contributed by atoms with Crippen LogP contribution in [0.5, 0.6) is 0 Å². The van der Waals surface area contributed by atoms with Crippen molar-refractivity contribution in [1.29, 1.82) is 0 Å². The van der Waals surface area contributed by atoms with Gasteiger partial charge >= 0.3 is 0 Å². The lowest BCUT2D eigenvalue weighted by atomic mass is 9.95. The number of carbonyl (C=O) groups is 1. The number of nitrogens with one attached hydrogen (secondary N) is 1. The summed E-state index contributed by atoms with van der Waals surface area (Å²) >= 11 is 7.22. The van der Waals surface area contributed by atoms with Crippen LogP contribution in [0.3, 0.4) is 0 Å². The molecule has 0 aliphatic heterocycles. The highest BCUT2D eigenvalue weighted by Gasteiger charge is 2.23. The Bertz CT molecular complexity index is 727. The van der Waals surface area contributed by atoms with E-state index < -0.39 is 0 Å². The molecule has 1 aliphatic carbocycles. The molecule has 1 fully saturated rings. The molecule has 3 N–H and O–H groups in total. The van der Waals surface area contributed by atoms with Crippen LogP contribution in [0.1, 0.15) is 39.0 Å². The maximum absolute atomic E-state index is 12.4. The summed E-state index contributed by atoms with van der Waals surface area (Å²) in [6.07, 6.45) is 5.77. The van der Waals surface area contributed by atoms with E-state index in [0.29, 0.717) is 22.0 Å². The smallest absolute Gasteiger partial charge is 0.233 e. The molecule has 1 heterocycles. The molecule has 1 aliphatic rings. The number of halogens is 1. The Balaban J connectivity index is 1.64. The molecule has 0 saturated heterocycles. The van der Waals surface area contributed by atoms with E-state index in [-0.39, 0.29) is 11.2 Å². The molecule has 1 aromatic heterocycles. The fourth-order valence-corrected chi connectivity index (χ4v) is 3.84. The van der Waals surface area contributed by atoms with Crippen molar-refractivity contribution in [3.8, 4) is 11.4 Å². The van der Waals surface area contributed by atoms with Crippen LogP contribution in [0.25, 0.3) is 11.4 Å². The van der Waals surface area contributed by atoms with Crippen molar-refractivity contribution < 1.29 is 4.79 Å². The van der Waals surface area contributed by atoms with Gasteiger partial charge in [0.05, 0.1) is 5.25 Å². The molecule has 8 heteroatoms. The molecule has 25 heavy (non-hydrogen) atoms. The van der Waals surface area contributed by atoms with Gasteiger partial charge in [-0.1, -0.05) is 42.6 Å². The molecule has 1 amide bonds. The Morgan fingerprint density at radius 3 is 2.64 bits per heavy atom. The molecule has 1 saturated carbocycles. The number of nitrogen functional groups attached to an aromatic ring is 1. The molecule has 1 unspecified atom stereocenters. The zero-order valence-electron chi connectivity index (χ0n) is 14.1. The van der Waals surface area contributed by atoms with Gasteiger partial charge in [0.15, 0.2) is 5.82 Å². The van der Waals surface area contributed by atoms with Crippen LogP contribution in [0, 0.1) is 0 Å². The highest BCUT2D eigenvalue weighted by Crippen LogP contribution is 2.26. The average Bonchev–Trinajstić information content (AvgIpc) is 2.97. The predicted molar refractivity (Wildman–Crippen MR) is 101 cm³/mol. The quantitative estimate of drug-likeness (QED) is 0.615. The van der Waals surface area contributed by atoms with Gasteiger partial charge < -0.3 is 11.2 Å². The van der Waals surface area contributed by atoms with Crippen molar-refractivity contribution in [2.45, 2.75) is 55.5 Å². The van der Waals surface area contributed by atoms with Crippen LogP contribution in [-0.4, -0.2) is 32.1 Å². The standard InChI is InChI=1S/C17H22ClN5OS/c1-11(16(24)20-14-5-3-2-4-6-14)25-17-22-21-15(23(17)19)12-7-9-13(18)10-8-12/h7-11,14H,2-6,19H2,1H3,(H,20,24). The maximum Gasteiger partial charge on any atom is 0.233 e. The van der Waals surface area contributed by atoms with Crippen molar-refractivity contribution >= 4 is 29.3 Å². The number of nitrogens with zero attached hydrogens (tertiary/aromatic N) is 3. The van der Waals surface area contributed by atoms with Gasteiger partial charge in [0.1, 0.15) is 0 Å². The number of amides is 1. The minimum absolute atomic E-state index is 0.0212. The maximum atomic E-state index is 12.4. The van der Waals surface area contributed by atoms with E-state index in [0.717, 1.165) is 18.4 Å². The van der Waals surface area contributed by atoms with Gasteiger partial charge in [0.2, 0.25) is 11.1 Å². The summed E-state index contributed by atoms with van der Waals surface area (Å²) in [5.41, 5.74) is 0.825. The molecule has 6 nitrogen and oxygen atoms in total. The van der Waals surface area contributed by atoms with E-state index in [2.05, 4.69) is 15.5 Å². The molecular formula is C17H22ClN5OS. The molecule has 1 atom stereocenters. The molecule has 134 valence electrons. The zero-order chi connectivity index (χ0) is 17.8. The average molecular weight is 380 g/mol. The third kappa shape index (κ3) is 4.46.